The topological polar surface area (TPSA) is 137 Å². The van der Waals surface area contributed by atoms with Gasteiger partial charge in [-0.05, 0) is 48.1 Å². The number of carbonyl (C=O) groups excluding carboxylic acids is 1. The molecule has 0 spiro atoms. The minimum absolute atomic E-state index is 0.0143. The van der Waals surface area contributed by atoms with Crippen molar-refractivity contribution in [1.29, 1.82) is 0 Å². The van der Waals surface area contributed by atoms with Crippen LogP contribution in [0.25, 0.3) is 0 Å². The van der Waals surface area contributed by atoms with Crippen LogP contribution in [0.3, 0.4) is 0 Å². The lowest BCUT2D eigenvalue weighted by Crippen LogP contribution is -2.20. The summed E-state index contributed by atoms with van der Waals surface area (Å²) in [5, 5.41) is 14.6. The average molecular weight is 531 g/mol. The largest absolute Gasteiger partial charge is 0.493 e. The number of rotatable bonds is 11. The van der Waals surface area contributed by atoms with E-state index in [-0.39, 0.29) is 33.7 Å². The number of hydrogen-bond acceptors (Lipinski definition) is 10. The van der Waals surface area contributed by atoms with Crippen LogP contribution in [-0.2, 0) is 21.2 Å². The van der Waals surface area contributed by atoms with Gasteiger partial charge in [0.1, 0.15) is 21.7 Å². The first-order valence-electron chi connectivity index (χ1n) is 9.83. The highest BCUT2D eigenvalue weighted by Crippen LogP contribution is 2.38. The number of aliphatic hydroxyl groups is 1. The SMILES string of the molecule is COc1cc(CCO)c(C(OC)C(=O)c2sccc2S(=O)(=O)Nc2onc(C)c2Cl)cc1OC. The van der Waals surface area contributed by atoms with Gasteiger partial charge in [0.25, 0.3) is 15.9 Å². The maximum atomic E-state index is 13.5. The summed E-state index contributed by atoms with van der Waals surface area (Å²) < 4.78 is 49.4. The van der Waals surface area contributed by atoms with E-state index in [0.717, 1.165) is 11.3 Å². The van der Waals surface area contributed by atoms with E-state index in [4.69, 9.17) is 30.3 Å². The van der Waals surface area contributed by atoms with Gasteiger partial charge in [-0.25, -0.2) is 13.1 Å². The summed E-state index contributed by atoms with van der Waals surface area (Å²) in [7, 11) is 0.00786. The fourth-order valence-electron chi connectivity index (χ4n) is 3.30. The zero-order valence-electron chi connectivity index (χ0n) is 18.7. The van der Waals surface area contributed by atoms with Gasteiger partial charge in [-0.1, -0.05) is 16.8 Å². The molecule has 13 heteroatoms. The smallest absolute Gasteiger partial charge is 0.265 e. The van der Waals surface area contributed by atoms with Crippen LogP contribution >= 0.6 is 22.9 Å². The Morgan fingerprint density at radius 1 is 1.26 bits per heavy atom. The standard InChI is InChI=1S/C21H23ClN2O8S2/c1-11-17(22)21(32-23-11)24-34(27,28)16-6-8-33-20(16)18(26)19(31-4)13-10-15(30-3)14(29-2)9-12(13)5-7-25/h6,8-10,19,24-25H,5,7H2,1-4H3. The first-order chi connectivity index (χ1) is 16.2. The number of nitrogens with zero attached hydrogens (tertiary/aromatic N) is 1. The monoisotopic (exact) mass is 530 g/mol. The van der Waals surface area contributed by atoms with Crippen LogP contribution in [-0.4, -0.2) is 52.4 Å². The van der Waals surface area contributed by atoms with Crippen molar-refractivity contribution in [3.8, 4) is 11.5 Å². The Kier molecular flexibility index (Phi) is 8.21. The molecule has 0 aliphatic rings. The number of carbonyl (C=O) groups is 1. The van der Waals surface area contributed by atoms with E-state index in [0.29, 0.717) is 28.3 Å². The third kappa shape index (κ3) is 5.05. The number of halogens is 1. The quantitative estimate of drug-likeness (QED) is 0.356. The number of ether oxygens (including phenoxy) is 3. The number of methoxy groups -OCH3 is 3. The van der Waals surface area contributed by atoms with Crippen LogP contribution in [0.2, 0.25) is 5.02 Å². The Bertz CT molecular complexity index is 1290. The van der Waals surface area contributed by atoms with E-state index < -0.39 is 21.9 Å². The van der Waals surface area contributed by atoms with Gasteiger partial charge in [-0.15, -0.1) is 11.3 Å². The number of aliphatic hydroxyl groups excluding tert-OH is 1. The number of Topliss-reactive ketones (excluding diaryl/α,β-unsaturated/α-hetero) is 1. The van der Waals surface area contributed by atoms with Gasteiger partial charge in [-0.2, -0.15) is 0 Å². The third-order valence-electron chi connectivity index (χ3n) is 4.94. The highest BCUT2D eigenvalue weighted by molar-refractivity contribution is 7.93. The average Bonchev–Trinajstić information content (AvgIpc) is 3.43. The van der Waals surface area contributed by atoms with Gasteiger partial charge in [0.05, 0.1) is 19.1 Å². The van der Waals surface area contributed by atoms with Crippen LogP contribution in [0.1, 0.15) is 32.6 Å². The van der Waals surface area contributed by atoms with Gasteiger partial charge < -0.3 is 23.8 Å². The zero-order valence-corrected chi connectivity index (χ0v) is 21.1. The Balaban J connectivity index is 2.04. The molecule has 2 aromatic heterocycles. The van der Waals surface area contributed by atoms with Crippen LogP contribution < -0.4 is 14.2 Å². The van der Waals surface area contributed by atoms with Gasteiger partial charge in [0.2, 0.25) is 5.78 Å². The van der Waals surface area contributed by atoms with Gasteiger partial charge in [0.15, 0.2) is 11.5 Å². The highest BCUT2D eigenvalue weighted by atomic mass is 35.5. The first kappa shape index (κ1) is 26.0. The van der Waals surface area contributed by atoms with E-state index >= 15 is 0 Å². The molecule has 0 saturated carbocycles. The molecule has 0 aliphatic heterocycles. The van der Waals surface area contributed by atoms with E-state index in [2.05, 4.69) is 9.88 Å². The minimum Gasteiger partial charge on any atom is -0.493 e. The molecule has 1 aromatic carbocycles. The summed E-state index contributed by atoms with van der Waals surface area (Å²) in [6, 6.07) is 4.52. The number of thiophene rings is 1. The zero-order chi connectivity index (χ0) is 25.0. The van der Waals surface area contributed by atoms with E-state index in [1.807, 2.05) is 0 Å². The van der Waals surface area contributed by atoms with E-state index in [1.54, 1.807) is 19.1 Å². The van der Waals surface area contributed by atoms with Gasteiger partial charge in [-0.3, -0.25) is 4.79 Å². The molecule has 0 radical (unpaired) electrons. The molecule has 184 valence electrons. The Morgan fingerprint density at radius 2 is 1.94 bits per heavy atom. The second-order valence-electron chi connectivity index (χ2n) is 6.99. The summed E-state index contributed by atoms with van der Waals surface area (Å²) in [4.78, 5) is 13.2. The van der Waals surface area contributed by atoms with Crippen LogP contribution in [0.15, 0.2) is 33.0 Å². The van der Waals surface area contributed by atoms with Crippen molar-refractivity contribution in [3.05, 3.63) is 50.3 Å². The molecule has 1 atom stereocenters. The fraction of sp³-hybridized carbons (Fsp3) is 0.333. The van der Waals surface area contributed by atoms with Crippen molar-refractivity contribution in [3.63, 3.8) is 0 Å². The fourth-order valence-corrected chi connectivity index (χ4v) is 5.86. The first-order valence-corrected chi connectivity index (χ1v) is 12.6. The number of hydrogen-bond donors (Lipinski definition) is 2. The Hall–Kier alpha value is -2.64. The maximum absolute atomic E-state index is 13.5. The lowest BCUT2D eigenvalue weighted by Gasteiger charge is -2.20. The normalized spacial score (nSPS) is 12.4. The lowest BCUT2D eigenvalue weighted by molar-refractivity contribution is 0.0601. The molecule has 0 aliphatic carbocycles. The molecule has 3 aromatic rings. The molecule has 1 unspecified atom stereocenters. The van der Waals surface area contributed by atoms with Crippen molar-refractivity contribution in [2.75, 3.05) is 32.7 Å². The summed E-state index contributed by atoms with van der Waals surface area (Å²) >= 11 is 6.97. The predicted molar refractivity (Wildman–Crippen MR) is 126 cm³/mol. The second-order valence-corrected chi connectivity index (χ2v) is 9.94. The van der Waals surface area contributed by atoms with Gasteiger partial charge >= 0.3 is 0 Å². The minimum atomic E-state index is -4.24. The number of nitrogens with one attached hydrogen (secondary N) is 1. The molecule has 2 heterocycles. The Morgan fingerprint density at radius 3 is 2.50 bits per heavy atom. The second kappa shape index (κ2) is 10.7. The van der Waals surface area contributed by atoms with Crippen LogP contribution in [0.5, 0.6) is 11.5 Å². The molecule has 3 rings (SSSR count). The summed E-state index contributed by atoms with van der Waals surface area (Å²) in [5.41, 5.74) is 1.31. The molecular formula is C21H23ClN2O8S2. The number of ketones is 1. The predicted octanol–water partition coefficient (Wildman–Crippen LogP) is 3.62. The van der Waals surface area contributed by atoms with Crippen molar-refractivity contribution >= 4 is 44.6 Å². The van der Waals surface area contributed by atoms with Crippen molar-refractivity contribution in [2.24, 2.45) is 0 Å². The number of aryl methyl sites for hydroxylation is 1. The molecule has 0 saturated heterocycles. The molecule has 2 N–H and O–H groups in total. The highest BCUT2D eigenvalue weighted by Gasteiger charge is 2.33. The number of anilines is 1. The molecular weight excluding hydrogens is 508 g/mol. The van der Waals surface area contributed by atoms with Crippen LogP contribution in [0.4, 0.5) is 5.88 Å². The van der Waals surface area contributed by atoms with Crippen molar-refractivity contribution < 1.29 is 37.1 Å². The molecule has 10 nitrogen and oxygen atoms in total. The third-order valence-corrected chi connectivity index (χ3v) is 7.82. The van der Waals surface area contributed by atoms with Gasteiger partial charge in [0, 0.05) is 13.7 Å². The lowest BCUT2D eigenvalue weighted by atomic mass is 9.96. The number of sulfonamides is 1. The van der Waals surface area contributed by atoms with Crippen molar-refractivity contribution in [1.82, 2.24) is 5.16 Å². The number of aromatic nitrogens is 1. The molecule has 0 bridgehead atoms. The number of benzene rings is 1. The summed E-state index contributed by atoms with van der Waals surface area (Å²) in [6.45, 7) is 1.37. The molecule has 34 heavy (non-hydrogen) atoms. The maximum Gasteiger partial charge on any atom is 0.265 e. The molecule has 0 amide bonds. The van der Waals surface area contributed by atoms with E-state index in [9.17, 15) is 18.3 Å². The van der Waals surface area contributed by atoms with Crippen LogP contribution in [0, 0.1) is 6.92 Å². The van der Waals surface area contributed by atoms with E-state index in [1.165, 1.54) is 32.8 Å². The summed E-state index contributed by atoms with van der Waals surface area (Å²) in [6.07, 6.45) is -0.964. The summed E-state index contributed by atoms with van der Waals surface area (Å²) in [5.74, 6) is -0.0776. The van der Waals surface area contributed by atoms with Crippen molar-refractivity contribution in [2.45, 2.75) is 24.3 Å². The Labute approximate surface area is 205 Å². The molecule has 0 fully saturated rings.